The largest absolute Gasteiger partial charge is 0.476 e. The monoisotopic (exact) mass is 300 g/mol. The molecule has 0 aliphatic rings. The van der Waals surface area contributed by atoms with Gasteiger partial charge in [0.05, 0.1) is 18.2 Å². The van der Waals surface area contributed by atoms with Crippen molar-refractivity contribution in [3.05, 3.63) is 47.8 Å². The predicted octanol–water partition coefficient (Wildman–Crippen LogP) is 2.37. The molecule has 114 valence electrons. The van der Waals surface area contributed by atoms with Crippen LogP contribution < -0.4 is 5.32 Å². The maximum Gasteiger partial charge on any atom is 0.356 e. The van der Waals surface area contributed by atoms with E-state index >= 15 is 0 Å². The van der Waals surface area contributed by atoms with Crippen LogP contribution in [-0.4, -0.2) is 32.2 Å². The summed E-state index contributed by atoms with van der Waals surface area (Å²) >= 11 is 0. The summed E-state index contributed by atoms with van der Waals surface area (Å²) in [6.45, 7) is 2.55. The number of aromatic nitrogens is 3. The lowest BCUT2D eigenvalue weighted by Gasteiger charge is -2.07. The molecule has 22 heavy (non-hydrogen) atoms. The number of nitrogens with zero attached hydrogens (tertiary/aromatic N) is 3. The molecule has 0 bridgehead atoms. The van der Waals surface area contributed by atoms with E-state index in [9.17, 15) is 4.79 Å². The van der Waals surface area contributed by atoms with E-state index in [4.69, 9.17) is 9.52 Å². The van der Waals surface area contributed by atoms with Gasteiger partial charge in [-0.25, -0.2) is 14.3 Å². The molecule has 2 N–H and O–H groups in total. The second-order valence-electron chi connectivity index (χ2n) is 5.01. The van der Waals surface area contributed by atoms with E-state index in [1.165, 1.54) is 6.07 Å². The van der Waals surface area contributed by atoms with Crippen molar-refractivity contribution in [2.75, 3.05) is 11.9 Å². The SMILES string of the molecule is Cc1cn2nc(C(=O)O)cc2c(NCCCc2ccco2)n1. The minimum atomic E-state index is -1.05. The van der Waals surface area contributed by atoms with Crippen LogP contribution in [0.1, 0.15) is 28.4 Å². The molecule has 0 saturated heterocycles. The van der Waals surface area contributed by atoms with E-state index in [-0.39, 0.29) is 5.69 Å². The molecule has 0 aliphatic carbocycles. The van der Waals surface area contributed by atoms with Crippen LogP contribution in [-0.2, 0) is 6.42 Å². The smallest absolute Gasteiger partial charge is 0.356 e. The summed E-state index contributed by atoms with van der Waals surface area (Å²) in [5.74, 6) is 0.534. The van der Waals surface area contributed by atoms with Crippen molar-refractivity contribution in [2.24, 2.45) is 0 Å². The van der Waals surface area contributed by atoms with Crippen LogP contribution in [0.5, 0.6) is 0 Å². The Labute approximate surface area is 126 Å². The number of aryl methyl sites for hydroxylation is 2. The van der Waals surface area contributed by atoms with Gasteiger partial charge in [-0.15, -0.1) is 0 Å². The molecule has 7 nitrogen and oxygen atoms in total. The fourth-order valence-electron chi connectivity index (χ4n) is 2.27. The summed E-state index contributed by atoms with van der Waals surface area (Å²) in [5, 5.41) is 16.3. The predicted molar refractivity (Wildman–Crippen MR) is 80.2 cm³/mol. The number of aromatic carboxylic acids is 1. The topological polar surface area (TPSA) is 92.7 Å². The Kier molecular flexibility index (Phi) is 3.78. The molecular formula is C15H16N4O3. The molecule has 3 aromatic heterocycles. The van der Waals surface area contributed by atoms with Gasteiger partial charge in [0.2, 0.25) is 0 Å². The van der Waals surface area contributed by atoms with Gasteiger partial charge in [-0.1, -0.05) is 0 Å². The molecule has 0 atom stereocenters. The lowest BCUT2D eigenvalue weighted by Crippen LogP contribution is -2.07. The normalized spacial score (nSPS) is 11.0. The zero-order valence-electron chi connectivity index (χ0n) is 12.1. The molecule has 0 saturated carbocycles. The van der Waals surface area contributed by atoms with Gasteiger partial charge in [-0.05, 0) is 25.5 Å². The molecule has 0 spiro atoms. The Bertz CT molecular complexity index is 793. The molecule has 0 amide bonds. The van der Waals surface area contributed by atoms with Crippen LogP contribution >= 0.6 is 0 Å². The van der Waals surface area contributed by atoms with E-state index in [2.05, 4.69) is 15.4 Å². The van der Waals surface area contributed by atoms with Gasteiger partial charge in [0.1, 0.15) is 11.3 Å². The first-order chi connectivity index (χ1) is 10.6. The first kappa shape index (κ1) is 14.1. The molecule has 0 radical (unpaired) electrons. The van der Waals surface area contributed by atoms with Crippen LogP contribution in [0, 0.1) is 6.92 Å². The average molecular weight is 300 g/mol. The van der Waals surface area contributed by atoms with Gasteiger partial charge in [0.25, 0.3) is 0 Å². The quantitative estimate of drug-likeness (QED) is 0.679. The molecule has 3 heterocycles. The number of carboxylic acids is 1. The lowest BCUT2D eigenvalue weighted by molar-refractivity contribution is 0.0690. The average Bonchev–Trinajstić information content (AvgIpc) is 3.12. The fourth-order valence-corrected chi connectivity index (χ4v) is 2.27. The van der Waals surface area contributed by atoms with Crippen molar-refractivity contribution >= 4 is 17.3 Å². The van der Waals surface area contributed by atoms with Crippen molar-refractivity contribution < 1.29 is 14.3 Å². The first-order valence-electron chi connectivity index (χ1n) is 7.00. The second-order valence-corrected chi connectivity index (χ2v) is 5.01. The summed E-state index contributed by atoms with van der Waals surface area (Å²) < 4.78 is 6.82. The zero-order chi connectivity index (χ0) is 15.5. The highest BCUT2D eigenvalue weighted by Gasteiger charge is 2.12. The van der Waals surface area contributed by atoms with Crippen LogP contribution in [0.25, 0.3) is 5.52 Å². The number of furan rings is 1. The summed E-state index contributed by atoms with van der Waals surface area (Å²) in [7, 11) is 0. The van der Waals surface area contributed by atoms with Crippen LogP contribution in [0.4, 0.5) is 5.82 Å². The van der Waals surface area contributed by atoms with E-state index in [0.717, 1.165) is 24.3 Å². The van der Waals surface area contributed by atoms with Crippen molar-refractivity contribution in [3.63, 3.8) is 0 Å². The first-order valence-corrected chi connectivity index (χ1v) is 7.00. The highest BCUT2D eigenvalue weighted by atomic mass is 16.4. The number of anilines is 1. The molecule has 0 fully saturated rings. The summed E-state index contributed by atoms with van der Waals surface area (Å²) in [6, 6.07) is 5.33. The molecule has 3 aromatic rings. The lowest BCUT2D eigenvalue weighted by atomic mass is 10.2. The maximum atomic E-state index is 11.0. The number of fused-ring (bicyclic) bond motifs is 1. The van der Waals surface area contributed by atoms with E-state index in [0.29, 0.717) is 17.9 Å². The second kappa shape index (κ2) is 5.88. The summed E-state index contributed by atoms with van der Waals surface area (Å²) in [5.41, 5.74) is 1.42. The van der Waals surface area contributed by atoms with Gasteiger partial charge in [0.15, 0.2) is 11.5 Å². The zero-order valence-corrected chi connectivity index (χ0v) is 12.1. The van der Waals surface area contributed by atoms with E-state index in [1.807, 2.05) is 19.1 Å². The maximum absolute atomic E-state index is 11.0. The highest BCUT2D eigenvalue weighted by molar-refractivity contribution is 5.88. The number of hydrogen-bond donors (Lipinski definition) is 2. The summed E-state index contributed by atoms with van der Waals surface area (Å²) in [4.78, 5) is 15.5. The Morgan fingerprint density at radius 1 is 1.50 bits per heavy atom. The van der Waals surface area contributed by atoms with Crippen molar-refractivity contribution in [1.82, 2.24) is 14.6 Å². The number of hydrogen-bond acceptors (Lipinski definition) is 5. The Balaban J connectivity index is 1.73. The third-order valence-corrected chi connectivity index (χ3v) is 3.27. The third kappa shape index (κ3) is 2.93. The van der Waals surface area contributed by atoms with Gasteiger partial charge in [-0.3, -0.25) is 0 Å². The highest BCUT2D eigenvalue weighted by Crippen LogP contribution is 2.17. The van der Waals surface area contributed by atoms with Gasteiger partial charge in [-0.2, -0.15) is 5.10 Å². The Hall–Kier alpha value is -2.83. The Morgan fingerprint density at radius 2 is 2.36 bits per heavy atom. The minimum absolute atomic E-state index is 0.00559. The third-order valence-electron chi connectivity index (χ3n) is 3.27. The van der Waals surface area contributed by atoms with Gasteiger partial charge >= 0.3 is 5.97 Å². The van der Waals surface area contributed by atoms with Crippen LogP contribution in [0.3, 0.4) is 0 Å². The van der Waals surface area contributed by atoms with Crippen LogP contribution in [0.15, 0.2) is 35.1 Å². The van der Waals surface area contributed by atoms with Crippen LogP contribution in [0.2, 0.25) is 0 Å². The van der Waals surface area contributed by atoms with E-state index < -0.39 is 5.97 Å². The molecule has 3 rings (SSSR count). The molecule has 0 unspecified atom stereocenters. The molecular weight excluding hydrogens is 284 g/mol. The minimum Gasteiger partial charge on any atom is -0.476 e. The van der Waals surface area contributed by atoms with E-state index in [1.54, 1.807) is 17.0 Å². The number of nitrogens with one attached hydrogen (secondary N) is 1. The van der Waals surface area contributed by atoms with Gasteiger partial charge in [0, 0.05) is 19.0 Å². The molecule has 0 aliphatic heterocycles. The van der Waals surface area contributed by atoms with Crippen molar-refractivity contribution in [3.8, 4) is 0 Å². The Morgan fingerprint density at radius 3 is 3.09 bits per heavy atom. The molecule has 0 aromatic carbocycles. The summed E-state index contributed by atoms with van der Waals surface area (Å²) in [6.07, 6.45) is 5.08. The van der Waals surface area contributed by atoms with Gasteiger partial charge < -0.3 is 14.8 Å². The number of carbonyl (C=O) groups is 1. The fraction of sp³-hybridized carbons (Fsp3) is 0.267. The van der Waals surface area contributed by atoms with Crippen molar-refractivity contribution in [2.45, 2.75) is 19.8 Å². The number of carboxylic acid groups (broad SMARTS) is 1. The standard InChI is InChI=1S/C15H16N4O3/c1-10-9-19-13(8-12(18-19)15(20)21)14(17-10)16-6-2-4-11-5-3-7-22-11/h3,5,7-9H,2,4,6H2,1H3,(H,16,17)(H,20,21). The van der Waals surface area contributed by atoms with Crippen molar-refractivity contribution in [1.29, 1.82) is 0 Å². The number of rotatable bonds is 6. The molecule has 7 heteroatoms.